The van der Waals surface area contributed by atoms with Gasteiger partial charge in [0.05, 0.1) is 18.2 Å². The van der Waals surface area contributed by atoms with Crippen molar-refractivity contribution in [2.24, 2.45) is 0 Å². The standard InChI is InChI=1S/C23H23BrFNO3/c1-14(2)29-23(28)22-15(3)26(13-16-8-10-17(24)11-9-16)21(27)12-19(22)18-6-4-5-7-20(18)25/h4-11,14,19H,12-13H2,1-3H3. The normalized spacial score (nSPS) is 17.1. The van der Waals surface area contributed by atoms with Crippen molar-refractivity contribution in [3.05, 3.63) is 81.2 Å². The van der Waals surface area contributed by atoms with E-state index in [-0.39, 0.29) is 18.4 Å². The van der Waals surface area contributed by atoms with Crippen LogP contribution in [0, 0.1) is 5.82 Å². The maximum absolute atomic E-state index is 14.5. The van der Waals surface area contributed by atoms with E-state index in [1.165, 1.54) is 6.07 Å². The fourth-order valence-electron chi connectivity index (χ4n) is 3.54. The number of benzene rings is 2. The summed E-state index contributed by atoms with van der Waals surface area (Å²) in [5.74, 6) is -1.77. The van der Waals surface area contributed by atoms with Crippen LogP contribution in [0.1, 0.15) is 44.2 Å². The molecule has 0 saturated heterocycles. The van der Waals surface area contributed by atoms with Gasteiger partial charge < -0.3 is 9.64 Å². The minimum atomic E-state index is -0.670. The van der Waals surface area contributed by atoms with Crippen LogP contribution in [-0.4, -0.2) is 22.9 Å². The summed E-state index contributed by atoms with van der Waals surface area (Å²) in [4.78, 5) is 27.5. The molecule has 0 bridgehead atoms. The van der Waals surface area contributed by atoms with Gasteiger partial charge >= 0.3 is 5.97 Å². The van der Waals surface area contributed by atoms with Crippen LogP contribution in [-0.2, 0) is 20.9 Å². The summed E-state index contributed by atoms with van der Waals surface area (Å²) in [6.45, 7) is 5.58. The summed E-state index contributed by atoms with van der Waals surface area (Å²) in [7, 11) is 0. The van der Waals surface area contributed by atoms with Crippen molar-refractivity contribution in [3.63, 3.8) is 0 Å². The molecule has 1 atom stereocenters. The molecule has 0 aromatic heterocycles. The van der Waals surface area contributed by atoms with Crippen LogP contribution in [0.15, 0.2) is 64.3 Å². The van der Waals surface area contributed by atoms with Crippen LogP contribution in [0.4, 0.5) is 4.39 Å². The summed E-state index contributed by atoms with van der Waals surface area (Å²) in [5, 5.41) is 0. The molecule has 1 amide bonds. The predicted molar refractivity (Wildman–Crippen MR) is 112 cm³/mol. The molecule has 0 aliphatic carbocycles. The van der Waals surface area contributed by atoms with E-state index in [1.807, 2.05) is 24.3 Å². The van der Waals surface area contributed by atoms with Crippen LogP contribution in [0.5, 0.6) is 0 Å². The number of halogens is 2. The van der Waals surface area contributed by atoms with Crippen molar-refractivity contribution in [1.29, 1.82) is 0 Å². The van der Waals surface area contributed by atoms with Gasteiger partial charge in [-0.3, -0.25) is 4.79 Å². The fraction of sp³-hybridized carbons (Fsp3) is 0.304. The molecule has 0 fully saturated rings. The number of nitrogens with zero attached hydrogens (tertiary/aromatic N) is 1. The van der Waals surface area contributed by atoms with Gasteiger partial charge in [0, 0.05) is 22.5 Å². The molecule has 2 aromatic rings. The lowest BCUT2D eigenvalue weighted by molar-refractivity contribution is -0.143. The molecule has 1 aliphatic heterocycles. The van der Waals surface area contributed by atoms with Gasteiger partial charge in [-0.25, -0.2) is 9.18 Å². The summed E-state index contributed by atoms with van der Waals surface area (Å²) in [5.41, 5.74) is 2.10. The Morgan fingerprint density at radius 2 is 1.86 bits per heavy atom. The Morgan fingerprint density at radius 1 is 1.21 bits per heavy atom. The minimum Gasteiger partial charge on any atom is -0.460 e. The molecule has 0 N–H and O–H groups in total. The van der Waals surface area contributed by atoms with E-state index in [4.69, 9.17) is 4.74 Å². The molecule has 29 heavy (non-hydrogen) atoms. The molecule has 6 heteroatoms. The molecule has 1 aliphatic rings. The molecule has 0 radical (unpaired) electrons. The van der Waals surface area contributed by atoms with Gasteiger partial charge in [-0.05, 0) is 50.1 Å². The van der Waals surface area contributed by atoms with Gasteiger partial charge in [-0.15, -0.1) is 0 Å². The maximum Gasteiger partial charge on any atom is 0.336 e. The van der Waals surface area contributed by atoms with E-state index in [0.29, 0.717) is 23.4 Å². The zero-order chi connectivity index (χ0) is 21.1. The Labute approximate surface area is 178 Å². The Kier molecular flexibility index (Phi) is 6.52. The number of rotatable bonds is 5. The fourth-order valence-corrected chi connectivity index (χ4v) is 3.81. The van der Waals surface area contributed by atoms with Gasteiger partial charge in [-0.1, -0.05) is 46.3 Å². The average molecular weight is 460 g/mol. The monoisotopic (exact) mass is 459 g/mol. The Hall–Kier alpha value is -2.47. The van der Waals surface area contributed by atoms with E-state index in [0.717, 1.165) is 10.0 Å². The van der Waals surface area contributed by atoms with Crippen LogP contribution in [0.25, 0.3) is 0 Å². The number of carbonyl (C=O) groups is 2. The zero-order valence-electron chi connectivity index (χ0n) is 16.6. The number of carbonyl (C=O) groups excluding carboxylic acids is 2. The number of esters is 1. The van der Waals surface area contributed by atoms with Crippen molar-refractivity contribution in [2.75, 3.05) is 0 Å². The molecule has 152 valence electrons. The largest absolute Gasteiger partial charge is 0.460 e. The second kappa shape index (κ2) is 8.91. The number of hydrogen-bond donors (Lipinski definition) is 0. The second-order valence-electron chi connectivity index (χ2n) is 7.34. The van der Waals surface area contributed by atoms with E-state index < -0.39 is 17.7 Å². The Balaban J connectivity index is 2.04. The quantitative estimate of drug-likeness (QED) is 0.567. The first kappa shape index (κ1) is 21.2. The summed E-state index contributed by atoms with van der Waals surface area (Å²) < 4.78 is 20.9. The third-order valence-corrected chi connectivity index (χ3v) is 5.45. The first-order valence-electron chi connectivity index (χ1n) is 9.49. The highest BCUT2D eigenvalue weighted by molar-refractivity contribution is 9.10. The lowest BCUT2D eigenvalue weighted by Gasteiger charge is -2.35. The minimum absolute atomic E-state index is 0.0112. The topological polar surface area (TPSA) is 46.6 Å². The highest BCUT2D eigenvalue weighted by Crippen LogP contribution is 2.38. The number of hydrogen-bond acceptors (Lipinski definition) is 3. The van der Waals surface area contributed by atoms with E-state index in [2.05, 4.69) is 15.9 Å². The molecular weight excluding hydrogens is 437 g/mol. The lowest BCUT2D eigenvalue weighted by atomic mass is 9.83. The third-order valence-electron chi connectivity index (χ3n) is 4.92. The van der Waals surface area contributed by atoms with Gasteiger partial charge in [0.1, 0.15) is 5.82 Å². The van der Waals surface area contributed by atoms with Crippen LogP contribution in [0.3, 0.4) is 0 Å². The maximum atomic E-state index is 14.5. The van der Waals surface area contributed by atoms with Crippen molar-refractivity contribution >= 4 is 27.8 Å². The van der Waals surface area contributed by atoms with Gasteiger partial charge in [0.2, 0.25) is 5.91 Å². The van der Waals surface area contributed by atoms with Crippen molar-refractivity contribution in [3.8, 4) is 0 Å². The van der Waals surface area contributed by atoms with Crippen LogP contribution >= 0.6 is 15.9 Å². The first-order chi connectivity index (χ1) is 13.8. The predicted octanol–water partition coefficient (Wildman–Crippen LogP) is 5.33. The Morgan fingerprint density at radius 3 is 2.48 bits per heavy atom. The van der Waals surface area contributed by atoms with Crippen LogP contribution in [0.2, 0.25) is 0 Å². The number of ether oxygens (including phenoxy) is 1. The molecule has 2 aromatic carbocycles. The molecule has 4 nitrogen and oxygen atoms in total. The summed E-state index contributed by atoms with van der Waals surface area (Å²) >= 11 is 3.40. The van der Waals surface area contributed by atoms with E-state index in [1.54, 1.807) is 43.9 Å². The molecule has 1 unspecified atom stereocenters. The van der Waals surface area contributed by atoms with E-state index in [9.17, 15) is 14.0 Å². The molecular formula is C23H23BrFNO3. The number of amides is 1. The second-order valence-corrected chi connectivity index (χ2v) is 8.25. The van der Waals surface area contributed by atoms with Gasteiger partial charge in [0.25, 0.3) is 0 Å². The molecule has 1 heterocycles. The highest BCUT2D eigenvalue weighted by Gasteiger charge is 2.38. The van der Waals surface area contributed by atoms with Gasteiger partial charge in [0.15, 0.2) is 0 Å². The molecule has 0 saturated carbocycles. The molecule has 0 spiro atoms. The Bertz CT molecular complexity index is 953. The SMILES string of the molecule is CC1=C(C(=O)OC(C)C)C(c2ccccc2F)CC(=O)N1Cc1ccc(Br)cc1. The van der Waals surface area contributed by atoms with Gasteiger partial charge in [-0.2, -0.15) is 0 Å². The first-order valence-corrected chi connectivity index (χ1v) is 10.3. The smallest absolute Gasteiger partial charge is 0.336 e. The van der Waals surface area contributed by atoms with Crippen molar-refractivity contribution in [2.45, 2.75) is 45.8 Å². The highest BCUT2D eigenvalue weighted by atomic mass is 79.9. The van der Waals surface area contributed by atoms with Crippen molar-refractivity contribution in [1.82, 2.24) is 4.90 Å². The third kappa shape index (κ3) is 4.75. The van der Waals surface area contributed by atoms with Crippen LogP contribution < -0.4 is 0 Å². The summed E-state index contributed by atoms with van der Waals surface area (Å²) in [6.07, 6.45) is -0.307. The zero-order valence-corrected chi connectivity index (χ0v) is 18.2. The summed E-state index contributed by atoms with van der Waals surface area (Å²) in [6, 6.07) is 13.9. The average Bonchev–Trinajstić information content (AvgIpc) is 2.66. The number of allylic oxidation sites excluding steroid dienone is 1. The lowest BCUT2D eigenvalue weighted by Crippen LogP contribution is -2.38. The van der Waals surface area contributed by atoms with E-state index >= 15 is 0 Å². The molecule has 3 rings (SSSR count). The van der Waals surface area contributed by atoms with Crippen molar-refractivity contribution < 1.29 is 18.7 Å².